The number of hydrogen-bond donors (Lipinski definition) is 1. The predicted octanol–water partition coefficient (Wildman–Crippen LogP) is 6.45. The van der Waals surface area contributed by atoms with Gasteiger partial charge in [0.05, 0.1) is 0 Å². The summed E-state index contributed by atoms with van der Waals surface area (Å²) < 4.78 is 0. The summed E-state index contributed by atoms with van der Waals surface area (Å²) in [4.78, 5) is 4.53. The lowest BCUT2D eigenvalue weighted by Crippen LogP contribution is -2.25. The van der Waals surface area contributed by atoms with Gasteiger partial charge in [-0.05, 0) is 55.2 Å². The maximum Gasteiger partial charge on any atom is 0.0375 e. The molecule has 1 aromatic heterocycles. The third-order valence-electron chi connectivity index (χ3n) is 4.77. The van der Waals surface area contributed by atoms with E-state index in [9.17, 15) is 0 Å². The van der Waals surface area contributed by atoms with E-state index in [1.807, 2.05) is 12.3 Å². The number of aromatic nitrogens is 1. The number of pyridine rings is 1. The van der Waals surface area contributed by atoms with Crippen LogP contribution < -0.4 is 0 Å². The smallest absolute Gasteiger partial charge is 0.0375 e. The van der Waals surface area contributed by atoms with Crippen LogP contribution in [0.3, 0.4) is 0 Å². The third kappa shape index (κ3) is 4.97. The molecule has 0 bridgehead atoms. The summed E-state index contributed by atoms with van der Waals surface area (Å²) in [5.41, 5.74) is 4.88. The Morgan fingerprint density at radius 1 is 1.35 bits per heavy atom. The molecular formula is C21H33NS. The molecule has 1 aromatic rings. The lowest BCUT2D eigenvalue weighted by Gasteiger charge is -2.32. The predicted molar refractivity (Wildman–Crippen MR) is 107 cm³/mol. The van der Waals surface area contributed by atoms with Gasteiger partial charge in [-0.15, -0.1) is 0 Å². The van der Waals surface area contributed by atoms with Crippen LogP contribution in [0.4, 0.5) is 0 Å². The molecule has 0 saturated carbocycles. The van der Waals surface area contributed by atoms with Crippen molar-refractivity contribution in [2.24, 2.45) is 11.8 Å². The molecule has 2 heteroatoms. The first-order valence-corrected chi connectivity index (χ1v) is 9.32. The fraction of sp³-hybridized carbons (Fsp3) is 0.571. The van der Waals surface area contributed by atoms with Gasteiger partial charge in [0.25, 0.3) is 0 Å². The molecular weight excluding hydrogens is 298 g/mol. The monoisotopic (exact) mass is 331 g/mol. The molecule has 128 valence electrons. The highest BCUT2D eigenvalue weighted by Crippen LogP contribution is 2.39. The minimum atomic E-state index is 0.394. The van der Waals surface area contributed by atoms with Gasteiger partial charge in [0.1, 0.15) is 0 Å². The normalized spacial score (nSPS) is 16.3. The van der Waals surface area contributed by atoms with Crippen LogP contribution in [0.5, 0.6) is 0 Å². The molecule has 0 N–H and O–H groups in total. The average Bonchev–Trinajstić information content (AvgIpc) is 2.53. The molecule has 0 spiro atoms. The second-order valence-electron chi connectivity index (χ2n) is 6.85. The SMILES string of the molecule is C=C/C(=C/C)c1cnc(C)cc1C(CCC)C(C)C(S)C(C)C. The van der Waals surface area contributed by atoms with Gasteiger partial charge in [0.15, 0.2) is 0 Å². The zero-order valence-corrected chi connectivity index (χ0v) is 16.5. The molecule has 0 aromatic carbocycles. The fourth-order valence-electron chi connectivity index (χ4n) is 3.37. The van der Waals surface area contributed by atoms with Crippen LogP contribution in [-0.4, -0.2) is 10.2 Å². The molecule has 0 fully saturated rings. The van der Waals surface area contributed by atoms with E-state index in [4.69, 9.17) is 12.6 Å². The molecule has 0 aliphatic heterocycles. The van der Waals surface area contributed by atoms with Crippen LogP contribution in [0.15, 0.2) is 31.0 Å². The van der Waals surface area contributed by atoms with Crippen molar-refractivity contribution in [1.82, 2.24) is 4.98 Å². The zero-order chi connectivity index (χ0) is 17.6. The van der Waals surface area contributed by atoms with Gasteiger partial charge in [-0.2, -0.15) is 12.6 Å². The summed E-state index contributed by atoms with van der Waals surface area (Å²) in [6, 6.07) is 2.26. The summed E-state index contributed by atoms with van der Waals surface area (Å²) >= 11 is 4.91. The minimum Gasteiger partial charge on any atom is -0.261 e. The lowest BCUT2D eigenvalue weighted by molar-refractivity contribution is 0.370. The molecule has 0 radical (unpaired) electrons. The van der Waals surface area contributed by atoms with Crippen molar-refractivity contribution in [2.45, 2.75) is 65.6 Å². The first-order valence-electron chi connectivity index (χ1n) is 8.81. The van der Waals surface area contributed by atoms with Crippen molar-refractivity contribution in [3.8, 4) is 0 Å². The van der Waals surface area contributed by atoms with E-state index >= 15 is 0 Å². The van der Waals surface area contributed by atoms with E-state index in [0.717, 1.165) is 5.69 Å². The number of rotatable bonds is 8. The van der Waals surface area contributed by atoms with Gasteiger partial charge in [-0.3, -0.25) is 4.98 Å². The van der Waals surface area contributed by atoms with Crippen LogP contribution >= 0.6 is 12.6 Å². The number of nitrogens with zero attached hydrogens (tertiary/aromatic N) is 1. The van der Waals surface area contributed by atoms with Crippen LogP contribution in [0.2, 0.25) is 0 Å². The van der Waals surface area contributed by atoms with Crippen LogP contribution in [0.1, 0.15) is 70.2 Å². The minimum absolute atomic E-state index is 0.394. The Bertz CT molecular complexity index is 545. The molecule has 1 rings (SSSR count). The molecule has 0 aliphatic carbocycles. The molecule has 0 amide bonds. The van der Waals surface area contributed by atoms with E-state index < -0.39 is 0 Å². The summed E-state index contributed by atoms with van der Waals surface area (Å²) in [7, 11) is 0. The number of aryl methyl sites for hydroxylation is 1. The van der Waals surface area contributed by atoms with Crippen molar-refractivity contribution in [2.75, 3.05) is 0 Å². The van der Waals surface area contributed by atoms with Crippen molar-refractivity contribution >= 4 is 18.2 Å². The maximum atomic E-state index is 4.91. The van der Waals surface area contributed by atoms with Gasteiger partial charge in [0, 0.05) is 22.7 Å². The third-order valence-corrected chi connectivity index (χ3v) is 5.84. The Morgan fingerprint density at radius 2 is 2.00 bits per heavy atom. The Hall–Kier alpha value is -1.02. The van der Waals surface area contributed by atoms with Gasteiger partial charge < -0.3 is 0 Å². The molecule has 3 unspecified atom stereocenters. The highest BCUT2D eigenvalue weighted by molar-refractivity contribution is 7.81. The molecule has 23 heavy (non-hydrogen) atoms. The van der Waals surface area contributed by atoms with Crippen LogP contribution in [0, 0.1) is 18.8 Å². The van der Waals surface area contributed by atoms with E-state index in [1.54, 1.807) is 0 Å². The van der Waals surface area contributed by atoms with E-state index in [2.05, 4.69) is 65.2 Å². The Morgan fingerprint density at radius 3 is 2.48 bits per heavy atom. The van der Waals surface area contributed by atoms with Crippen molar-refractivity contribution in [3.63, 3.8) is 0 Å². The maximum absolute atomic E-state index is 4.91. The molecule has 0 aliphatic rings. The standard InChI is InChI=1S/C21H33NS/c1-8-11-18(16(7)21(23)14(4)5)19-12-15(6)22-13-20(19)17(9-2)10-3/h9-10,12-14,16,18,21,23H,2,8,11H2,1,3-7H3/b17-10-. The first kappa shape index (κ1) is 20.0. The van der Waals surface area contributed by atoms with Crippen molar-refractivity contribution in [3.05, 3.63) is 47.8 Å². The van der Waals surface area contributed by atoms with Crippen molar-refractivity contribution in [1.29, 1.82) is 0 Å². The van der Waals surface area contributed by atoms with Gasteiger partial charge in [0.2, 0.25) is 0 Å². The fourth-order valence-corrected chi connectivity index (χ4v) is 3.58. The zero-order valence-electron chi connectivity index (χ0n) is 15.6. The highest BCUT2D eigenvalue weighted by Gasteiger charge is 2.28. The van der Waals surface area contributed by atoms with E-state index in [1.165, 1.54) is 29.5 Å². The summed E-state index contributed by atoms with van der Waals surface area (Å²) in [5, 5.41) is 0.394. The average molecular weight is 332 g/mol. The number of allylic oxidation sites excluding steroid dienone is 3. The van der Waals surface area contributed by atoms with Gasteiger partial charge in [-0.1, -0.05) is 52.8 Å². The number of thiol groups is 1. The molecule has 0 saturated heterocycles. The second kappa shape index (κ2) is 9.32. The largest absolute Gasteiger partial charge is 0.261 e. The Labute approximate surface area is 148 Å². The summed E-state index contributed by atoms with van der Waals surface area (Å²) in [6.45, 7) is 17.2. The van der Waals surface area contributed by atoms with Crippen LogP contribution in [0.25, 0.3) is 5.57 Å². The lowest BCUT2D eigenvalue weighted by atomic mass is 9.77. The van der Waals surface area contributed by atoms with E-state index in [-0.39, 0.29) is 0 Å². The molecule has 1 nitrogen and oxygen atoms in total. The summed E-state index contributed by atoms with van der Waals surface area (Å²) in [6.07, 6.45) is 8.42. The van der Waals surface area contributed by atoms with E-state index in [0.29, 0.717) is 23.0 Å². The van der Waals surface area contributed by atoms with Crippen molar-refractivity contribution < 1.29 is 0 Å². The summed E-state index contributed by atoms with van der Waals surface area (Å²) in [5.74, 6) is 1.58. The Balaban J connectivity index is 3.41. The van der Waals surface area contributed by atoms with Crippen LogP contribution in [-0.2, 0) is 0 Å². The second-order valence-corrected chi connectivity index (χ2v) is 7.45. The molecule has 3 atom stereocenters. The Kier molecular flexibility index (Phi) is 8.11. The quantitative estimate of drug-likeness (QED) is 0.426. The topological polar surface area (TPSA) is 12.9 Å². The number of hydrogen-bond acceptors (Lipinski definition) is 2. The van der Waals surface area contributed by atoms with Gasteiger partial charge in [-0.25, -0.2) is 0 Å². The first-order chi connectivity index (χ1) is 10.9. The molecule has 1 heterocycles. The highest BCUT2D eigenvalue weighted by atomic mass is 32.1. The van der Waals surface area contributed by atoms with Gasteiger partial charge >= 0.3 is 0 Å².